The van der Waals surface area contributed by atoms with Gasteiger partial charge in [-0.25, -0.2) is 13.9 Å². The molecular formula is C19H13F4N5O. The minimum atomic E-state index is -4.99. The van der Waals surface area contributed by atoms with Crippen molar-refractivity contribution in [1.82, 2.24) is 24.4 Å². The van der Waals surface area contributed by atoms with Crippen molar-refractivity contribution in [1.29, 1.82) is 0 Å². The van der Waals surface area contributed by atoms with E-state index in [9.17, 15) is 17.6 Å². The number of benzene rings is 1. The van der Waals surface area contributed by atoms with Gasteiger partial charge in [-0.3, -0.25) is 4.68 Å². The van der Waals surface area contributed by atoms with Crippen molar-refractivity contribution in [3.63, 3.8) is 0 Å². The minimum absolute atomic E-state index is 0.334. The van der Waals surface area contributed by atoms with Crippen LogP contribution in [0.2, 0.25) is 0 Å². The summed E-state index contributed by atoms with van der Waals surface area (Å²) >= 11 is 0. The zero-order chi connectivity index (χ0) is 20.2. The SMILES string of the molecule is Fc1ccc(-c2nn3c(c2-c2ccc4ncnn4c2)CCC3)cc1OC(F)(F)F. The Labute approximate surface area is 161 Å². The molecule has 10 heteroatoms. The molecule has 6 nitrogen and oxygen atoms in total. The van der Waals surface area contributed by atoms with E-state index in [1.807, 2.05) is 10.7 Å². The summed E-state index contributed by atoms with van der Waals surface area (Å²) in [6.45, 7) is 0.709. The number of hydrogen-bond donors (Lipinski definition) is 0. The van der Waals surface area contributed by atoms with Crippen molar-refractivity contribution in [2.45, 2.75) is 25.7 Å². The van der Waals surface area contributed by atoms with E-state index in [1.165, 1.54) is 12.4 Å². The molecular weight excluding hydrogens is 390 g/mol. The zero-order valence-electron chi connectivity index (χ0n) is 14.8. The van der Waals surface area contributed by atoms with Gasteiger partial charge in [0.05, 0.1) is 0 Å². The molecule has 29 heavy (non-hydrogen) atoms. The largest absolute Gasteiger partial charge is 0.573 e. The van der Waals surface area contributed by atoms with Crippen molar-refractivity contribution in [2.75, 3.05) is 0 Å². The van der Waals surface area contributed by atoms with E-state index in [-0.39, 0.29) is 0 Å². The maximum absolute atomic E-state index is 13.9. The number of halogens is 4. The number of aryl methyl sites for hydroxylation is 1. The number of hydrogen-bond acceptors (Lipinski definition) is 4. The highest BCUT2D eigenvalue weighted by Gasteiger charge is 2.33. The lowest BCUT2D eigenvalue weighted by molar-refractivity contribution is -0.275. The van der Waals surface area contributed by atoms with E-state index in [4.69, 9.17) is 0 Å². The Kier molecular flexibility index (Phi) is 3.83. The number of ether oxygens (including phenoxy) is 1. The highest BCUT2D eigenvalue weighted by molar-refractivity contribution is 5.83. The summed E-state index contributed by atoms with van der Waals surface area (Å²) in [5, 5.41) is 8.72. The van der Waals surface area contributed by atoms with Gasteiger partial charge in [0.2, 0.25) is 0 Å². The van der Waals surface area contributed by atoms with Crippen LogP contribution in [0.1, 0.15) is 12.1 Å². The molecule has 0 unspecified atom stereocenters. The summed E-state index contributed by atoms with van der Waals surface area (Å²) in [7, 11) is 0. The minimum Gasteiger partial charge on any atom is -0.403 e. The normalized spacial score (nSPS) is 13.8. The molecule has 4 aromatic rings. The smallest absolute Gasteiger partial charge is 0.403 e. The molecule has 1 aliphatic rings. The third-order valence-corrected chi connectivity index (χ3v) is 4.83. The Morgan fingerprint density at radius 3 is 2.72 bits per heavy atom. The van der Waals surface area contributed by atoms with E-state index in [0.29, 0.717) is 23.4 Å². The maximum atomic E-state index is 13.9. The van der Waals surface area contributed by atoms with Gasteiger partial charge >= 0.3 is 6.36 Å². The third-order valence-electron chi connectivity index (χ3n) is 4.83. The van der Waals surface area contributed by atoms with Gasteiger partial charge in [-0.1, -0.05) is 0 Å². The summed E-state index contributed by atoms with van der Waals surface area (Å²) in [6.07, 6.45) is -0.0595. The number of pyridine rings is 1. The highest BCUT2D eigenvalue weighted by atomic mass is 19.4. The molecule has 148 valence electrons. The maximum Gasteiger partial charge on any atom is 0.573 e. The molecule has 0 amide bonds. The van der Waals surface area contributed by atoms with Crippen LogP contribution >= 0.6 is 0 Å². The van der Waals surface area contributed by atoms with Crippen LogP contribution in [0, 0.1) is 5.82 Å². The van der Waals surface area contributed by atoms with Crippen molar-refractivity contribution in [2.24, 2.45) is 0 Å². The molecule has 0 atom stereocenters. The average Bonchev–Trinajstić information content (AvgIpc) is 3.36. The topological polar surface area (TPSA) is 57.2 Å². The fourth-order valence-corrected chi connectivity index (χ4v) is 3.66. The van der Waals surface area contributed by atoms with Crippen LogP contribution in [-0.4, -0.2) is 30.7 Å². The number of rotatable bonds is 3. The van der Waals surface area contributed by atoms with Gasteiger partial charge in [0.1, 0.15) is 12.0 Å². The predicted octanol–water partition coefficient (Wildman–Crippen LogP) is 4.24. The Morgan fingerprint density at radius 1 is 1.07 bits per heavy atom. The third kappa shape index (κ3) is 3.10. The van der Waals surface area contributed by atoms with Gasteiger partial charge in [0, 0.05) is 35.1 Å². The molecule has 4 heterocycles. The van der Waals surface area contributed by atoms with Gasteiger partial charge < -0.3 is 4.74 Å². The molecule has 0 aliphatic carbocycles. The Bertz CT molecular complexity index is 1230. The summed E-state index contributed by atoms with van der Waals surface area (Å²) < 4.78 is 59.0. The van der Waals surface area contributed by atoms with E-state index in [0.717, 1.165) is 41.8 Å². The second kappa shape index (κ2) is 6.29. The summed E-state index contributed by atoms with van der Waals surface area (Å²) in [4.78, 5) is 4.12. The first kappa shape index (κ1) is 17.7. The zero-order valence-corrected chi connectivity index (χ0v) is 14.8. The highest BCUT2D eigenvalue weighted by Crippen LogP contribution is 2.39. The lowest BCUT2D eigenvalue weighted by Gasteiger charge is -2.11. The van der Waals surface area contributed by atoms with Crippen molar-refractivity contribution in [3.05, 3.63) is 54.4 Å². The van der Waals surface area contributed by atoms with Crippen LogP contribution in [0.3, 0.4) is 0 Å². The summed E-state index contributed by atoms with van der Waals surface area (Å²) in [6, 6.07) is 7.03. The first-order valence-electron chi connectivity index (χ1n) is 8.84. The van der Waals surface area contributed by atoms with E-state index in [1.54, 1.807) is 16.8 Å². The molecule has 0 radical (unpaired) electrons. The van der Waals surface area contributed by atoms with E-state index in [2.05, 4.69) is 19.9 Å². The van der Waals surface area contributed by atoms with Gasteiger partial charge in [-0.05, 0) is 43.2 Å². The monoisotopic (exact) mass is 403 g/mol. The van der Waals surface area contributed by atoms with Crippen LogP contribution in [-0.2, 0) is 13.0 Å². The van der Waals surface area contributed by atoms with Crippen molar-refractivity contribution >= 4 is 5.65 Å². The molecule has 3 aromatic heterocycles. The number of alkyl halides is 3. The second-order valence-corrected chi connectivity index (χ2v) is 6.67. The fraction of sp³-hybridized carbons (Fsp3) is 0.211. The molecule has 0 fully saturated rings. The van der Waals surface area contributed by atoms with Gasteiger partial charge in [0.25, 0.3) is 0 Å². The number of aromatic nitrogens is 5. The van der Waals surface area contributed by atoms with Gasteiger partial charge in [-0.15, -0.1) is 13.2 Å². The average molecular weight is 403 g/mol. The predicted molar refractivity (Wildman–Crippen MR) is 94.6 cm³/mol. The lowest BCUT2D eigenvalue weighted by Crippen LogP contribution is -2.18. The molecule has 0 saturated carbocycles. The van der Waals surface area contributed by atoms with Crippen LogP contribution in [0.25, 0.3) is 28.0 Å². The molecule has 0 bridgehead atoms. The molecule has 0 N–H and O–H groups in total. The molecule has 1 aromatic carbocycles. The van der Waals surface area contributed by atoms with Gasteiger partial charge in [0.15, 0.2) is 17.2 Å². The molecule has 0 saturated heterocycles. The second-order valence-electron chi connectivity index (χ2n) is 6.67. The standard InChI is InChI=1S/C19H13F4N5O/c20-13-5-3-11(8-15(13)29-19(21,22)23)18-17(14-2-1-7-27(14)26-18)12-4-6-16-24-10-25-28(16)9-12/h3-6,8-10H,1-2,7H2. The Morgan fingerprint density at radius 2 is 1.90 bits per heavy atom. The van der Waals surface area contributed by atoms with Crippen molar-refractivity contribution < 1.29 is 22.3 Å². The first-order chi connectivity index (χ1) is 13.9. The van der Waals surface area contributed by atoms with Crippen LogP contribution in [0.4, 0.5) is 17.6 Å². The summed E-state index contributed by atoms with van der Waals surface area (Å²) in [5.41, 5.74) is 4.02. The molecule has 1 aliphatic heterocycles. The fourth-order valence-electron chi connectivity index (χ4n) is 3.66. The number of nitrogens with zero attached hydrogens (tertiary/aromatic N) is 5. The summed E-state index contributed by atoms with van der Waals surface area (Å²) in [5.74, 6) is -1.98. The Hall–Kier alpha value is -3.43. The van der Waals surface area contributed by atoms with Crippen LogP contribution in [0.5, 0.6) is 5.75 Å². The lowest BCUT2D eigenvalue weighted by atomic mass is 9.99. The van der Waals surface area contributed by atoms with Gasteiger partial charge in [-0.2, -0.15) is 10.2 Å². The van der Waals surface area contributed by atoms with Crippen LogP contribution in [0.15, 0.2) is 42.9 Å². The molecule has 0 spiro atoms. The van der Waals surface area contributed by atoms with Crippen molar-refractivity contribution in [3.8, 4) is 28.1 Å². The number of fused-ring (bicyclic) bond motifs is 2. The van der Waals surface area contributed by atoms with E-state index < -0.39 is 17.9 Å². The first-order valence-corrected chi connectivity index (χ1v) is 8.84. The van der Waals surface area contributed by atoms with E-state index >= 15 is 0 Å². The van der Waals surface area contributed by atoms with Crippen LogP contribution < -0.4 is 4.74 Å². The quantitative estimate of drug-likeness (QED) is 0.480. The molecule has 5 rings (SSSR count). The Balaban J connectivity index is 1.68.